The fourth-order valence-corrected chi connectivity index (χ4v) is 4.75. The Labute approximate surface area is 168 Å². The van der Waals surface area contributed by atoms with Gasteiger partial charge in [0.2, 0.25) is 0 Å². The molecule has 0 bridgehead atoms. The van der Waals surface area contributed by atoms with Gasteiger partial charge in [0, 0.05) is 31.2 Å². The predicted octanol–water partition coefficient (Wildman–Crippen LogP) is 5.01. The molecule has 1 saturated carbocycles. The molecule has 2 aromatic heterocycles. The molecule has 2 fully saturated rings. The number of amidine groups is 1. The van der Waals surface area contributed by atoms with Gasteiger partial charge >= 0.3 is 0 Å². The zero-order chi connectivity index (χ0) is 18.8. The van der Waals surface area contributed by atoms with Gasteiger partial charge in [0.05, 0.1) is 4.91 Å². The van der Waals surface area contributed by atoms with E-state index in [2.05, 4.69) is 4.98 Å². The number of aryl methyl sites for hydroxylation is 1. The summed E-state index contributed by atoms with van der Waals surface area (Å²) in [7, 11) is 1.97. The van der Waals surface area contributed by atoms with Crippen LogP contribution in [0.5, 0.6) is 0 Å². The minimum atomic E-state index is 0.0341. The summed E-state index contributed by atoms with van der Waals surface area (Å²) >= 11 is 7.61. The van der Waals surface area contributed by atoms with Crippen molar-refractivity contribution in [1.29, 1.82) is 0 Å². The second-order valence-electron chi connectivity index (χ2n) is 6.83. The van der Waals surface area contributed by atoms with Crippen molar-refractivity contribution in [1.82, 2.24) is 14.5 Å². The first-order valence-corrected chi connectivity index (χ1v) is 10.4. The Morgan fingerprint density at radius 2 is 2.07 bits per heavy atom. The Bertz CT molecular complexity index is 914. The van der Waals surface area contributed by atoms with Crippen molar-refractivity contribution in [3.8, 4) is 0 Å². The maximum atomic E-state index is 13.2. The average Bonchev–Trinajstić information content (AvgIpc) is 3.21. The van der Waals surface area contributed by atoms with Crippen molar-refractivity contribution < 1.29 is 4.79 Å². The molecule has 5 nitrogen and oxygen atoms in total. The number of halogens is 1. The van der Waals surface area contributed by atoms with Gasteiger partial charge in [-0.3, -0.25) is 9.69 Å². The number of rotatable bonds is 3. The van der Waals surface area contributed by atoms with E-state index < -0.39 is 0 Å². The van der Waals surface area contributed by atoms with Crippen LogP contribution >= 0.6 is 23.4 Å². The summed E-state index contributed by atoms with van der Waals surface area (Å²) in [4.78, 5) is 24.6. The van der Waals surface area contributed by atoms with Crippen LogP contribution in [0.1, 0.15) is 37.8 Å². The van der Waals surface area contributed by atoms with Gasteiger partial charge in [-0.25, -0.2) is 9.98 Å². The SMILES string of the molecule is Cn1cccc1/C=C1/SC(=Nc2cccnc2Cl)N(C2CCCCC2)C1=O. The first-order valence-electron chi connectivity index (χ1n) is 9.17. The number of hydrogen-bond donors (Lipinski definition) is 0. The van der Waals surface area contributed by atoms with Crippen molar-refractivity contribution >= 4 is 46.2 Å². The summed E-state index contributed by atoms with van der Waals surface area (Å²) in [5.74, 6) is 0.0341. The number of aliphatic imine (C=N–C) groups is 1. The number of aromatic nitrogens is 2. The molecular formula is C20H21ClN4OS. The van der Waals surface area contributed by atoms with Crippen molar-refractivity contribution in [3.05, 3.63) is 52.4 Å². The van der Waals surface area contributed by atoms with Crippen molar-refractivity contribution in [2.24, 2.45) is 12.0 Å². The molecule has 4 rings (SSSR count). The lowest BCUT2D eigenvalue weighted by Crippen LogP contribution is -2.40. The molecule has 0 aromatic carbocycles. The van der Waals surface area contributed by atoms with Crippen LogP contribution in [0.25, 0.3) is 6.08 Å². The highest BCUT2D eigenvalue weighted by Crippen LogP contribution is 2.39. The van der Waals surface area contributed by atoms with E-state index in [1.807, 2.05) is 47.0 Å². The van der Waals surface area contributed by atoms with Crippen molar-refractivity contribution in [3.63, 3.8) is 0 Å². The average molecular weight is 401 g/mol. The first kappa shape index (κ1) is 18.3. The minimum Gasteiger partial charge on any atom is -0.351 e. The molecule has 1 aliphatic carbocycles. The summed E-state index contributed by atoms with van der Waals surface area (Å²) in [6, 6.07) is 7.80. The number of pyridine rings is 1. The largest absolute Gasteiger partial charge is 0.351 e. The van der Waals surface area contributed by atoms with Gasteiger partial charge in [0.15, 0.2) is 10.3 Å². The highest BCUT2D eigenvalue weighted by Gasteiger charge is 2.38. The van der Waals surface area contributed by atoms with Crippen LogP contribution < -0.4 is 0 Å². The van der Waals surface area contributed by atoms with E-state index in [-0.39, 0.29) is 11.9 Å². The van der Waals surface area contributed by atoms with Crippen LogP contribution in [0.3, 0.4) is 0 Å². The molecule has 27 heavy (non-hydrogen) atoms. The Hall–Kier alpha value is -2.05. The van der Waals surface area contributed by atoms with Gasteiger partial charge in [0.25, 0.3) is 5.91 Å². The summed E-state index contributed by atoms with van der Waals surface area (Å²) < 4.78 is 2.00. The van der Waals surface area contributed by atoms with Crippen LogP contribution in [0, 0.1) is 0 Å². The van der Waals surface area contributed by atoms with Crippen LogP contribution in [0.15, 0.2) is 46.6 Å². The smallest absolute Gasteiger partial charge is 0.267 e. The molecule has 1 saturated heterocycles. The van der Waals surface area contributed by atoms with E-state index in [0.29, 0.717) is 20.9 Å². The Morgan fingerprint density at radius 3 is 2.78 bits per heavy atom. The van der Waals surface area contributed by atoms with Gasteiger partial charge in [-0.05, 0) is 54.9 Å². The number of hydrogen-bond acceptors (Lipinski definition) is 4. The number of amides is 1. The molecule has 2 aromatic rings. The van der Waals surface area contributed by atoms with E-state index in [0.717, 1.165) is 31.4 Å². The quantitative estimate of drug-likeness (QED) is 0.537. The second kappa shape index (κ2) is 7.90. The van der Waals surface area contributed by atoms with Gasteiger partial charge in [-0.2, -0.15) is 0 Å². The van der Waals surface area contributed by atoms with Crippen molar-refractivity contribution in [2.45, 2.75) is 38.1 Å². The summed E-state index contributed by atoms with van der Waals surface area (Å²) in [6.45, 7) is 0. The third-order valence-electron chi connectivity index (χ3n) is 5.00. The Balaban J connectivity index is 1.73. The molecule has 3 heterocycles. The van der Waals surface area contributed by atoms with E-state index in [1.54, 1.807) is 12.3 Å². The van der Waals surface area contributed by atoms with E-state index in [9.17, 15) is 4.79 Å². The van der Waals surface area contributed by atoms with E-state index >= 15 is 0 Å². The molecule has 0 radical (unpaired) electrons. The molecule has 0 unspecified atom stereocenters. The third-order valence-corrected chi connectivity index (χ3v) is 6.27. The maximum absolute atomic E-state index is 13.2. The predicted molar refractivity (Wildman–Crippen MR) is 111 cm³/mol. The minimum absolute atomic E-state index is 0.0341. The second-order valence-corrected chi connectivity index (χ2v) is 8.20. The number of nitrogens with zero attached hydrogens (tertiary/aromatic N) is 4. The fraction of sp³-hybridized carbons (Fsp3) is 0.350. The summed E-state index contributed by atoms with van der Waals surface area (Å²) in [6.07, 6.45) is 11.1. The molecule has 1 aliphatic heterocycles. The Kier molecular flexibility index (Phi) is 5.36. The van der Waals surface area contributed by atoms with Crippen LogP contribution in [-0.4, -0.2) is 31.6 Å². The van der Waals surface area contributed by atoms with Crippen LogP contribution in [0.2, 0.25) is 5.15 Å². The lowest BCUT2D eigenvalue weighted by molar-refractivity contribution is -0.124. The molecule has 1 amide bonds. The molecule has 140 valence electrons. The monoisotopic (exact) mass is 400 g/mol. The lowest BCUT2D eigenvalue weighted by atomic mass is 9.94. The highest BCUT2D eigenvalue weighted by atomic mass is 35.5. The summed E-state index contributed by atoms with van der Waals surface area (Å²) in [5, 5.41) is 1.05. The molecule has 0 atom stereocenters. The molecule has 2 aliphatic rings. The lowest BCUT2D eigenvalue weighted by Gasteiger charge is -2.30. The van der Waals surface area contributed by atoms with E-state index in [4.69, 9.17) is 16.6 Å². The van der Waals surface area contributed by atoms with Gasteiger partial charge < -0.3 is 4.57 Å². The highest BCUT2D eigenvalue weighted by molar-refractivity contribution is 8.18. The maximum Gasteiger partial charge on any atom is 0.267 e. The van der Waals surface area contributed by atoms with Gasteiger partial charge in [-0.15, -0.1) is 0 Å². The molecule has 0 spiro atoms. The van der Waals surface area contributed by atoms with E-state index in [1.165, 1.54) is 18.2 Å². The third kappa shape index (κ3) is 3.82. The summed E-state index contributed by atoms with van der Waals surface area (Å²) in [5.41, 5.74) is 1.59. The van der Waals surface area contributed by atoms with Gasteiger partial charge in [-0.1, -0.05) is 30.9 Å². The molecule has 7 heteroatoms. The van der Waals surface area contributed by atoms with Crippen LogP contribution in [-0.2, 0) is 11.8 Å². The number of carbonyl (C=O) groups is 1. The van der Waals surface area contributed by atoms with Crippen LogP contribution in [0.4, 0.5) is 5.69 Å². The Morgan fingerprint density at radius 1 is 1.26 bits per heavy atom. The topological polar surface area (TPSA) is 50.5 Å². The molecular weight excluding hydrogens is 380 g/mol. The fourth-order valence-electron chi connectivity index (χ4n) is 3.55. The van der Waals surface area contributed by atoms with Gasteiger partial charge in [0.1, 0.15) is 5.69 Å². The normalized spacial score (nSPS) is 21.6. The van der Waals surface area contributed by atoms with Crippen molar-refractivity contribution in [2.75, 3.05) is 0 Å². The molecule has 0 N–H and O–H groups in total. The first-order chi connectivity index (χ1) is 13.1. The zero-order valence-electron chi connectivity index (χ0n) is 15.1. The standard InChI is InChI=1S/C20H21ClN4OS/c1-24-12-6-9-15(24)13-17-19(26)25(14-7-3-2-4-8-14)20(27-17)23-16-10-5-11-22-18(16)21/h5-6,9-14H,2-4,7-8H2,1H3/b17-13+,23-20?. The number of thioether (sulfide) groups is 1. The number of carbonyl (C=O) groups excluding carboxylic acids is 1. The zero-order valence-corrected chi connectivity index (χ0v) is 16.7.